The highest BCUT2D eigenvalue weighted by Crippen LogP contribution is 2.28. The molecule has 0 saturated carbocycles. The van der Waals surface area contributed by atoms with Gasteiger partial charge in [-0.2, -0.15) is 0 Å². The van der Waals surface area contributed by atoms with Gasteiger partial charge in [0.1, 0.15) is 6.10 Å². The normalized spacial score (nSPS) is 19.7. The number of rotatable bonds is 5. The third kappa shape index (κ3) is 2.89. The number of hydrogen-bond acceptors (Lipinski definition) is 3. The first-order valence-electron chi connectivity index (χ1n) is 5.99. The lowest BCUT2D eigenvalue weighted by Crippen LogP contribution is -2.19. The van der Waals surface area contributed by atoms with Gasteiger partial charge in [0.2, 0.25) is 0 Å². The van der Waals surface area contributed by atoms with Crippen LogP contribution >= 0.6 is 0 Å². The summed E-state index contributed by atoms with van der Waals surface area (Å²) in [5, 5.41) is 3.29. The first kappa shape index (κ1) is 11.3. The minimum Gasteiger partial charge on any atom is -0.490 e. The van der Waals surface area contributed by atoms with Crippen molar-refractivity contribution in [3.63, 3.8) is 0 Å². The zero-order valence-electron chi connectivity index (χ0n) is 9.74. The van der Waals surface area contributed by atoms with Crippen molar-refractivity contribution in [3.05, 3.63) is 24.3 Å². The zero-order chi connectivity index (χ0) is 11.2. The molecule has 1 aromatic carbocycles. The summed E-state index contributed by atoms with van der Waals surface area (Å²) in [7, 11) is 0. The van der Waals surface area contributed by atoms with E-state index in [0.717, 1.165) is 44.0 Å². The topological polar surface area (TPSA) is 30.5 Å². The minimum absolute atomic E-state index is 0.284. The van der Waals surface area contributed by atoms with E-state index < -0.39 is 0 Å². The predicted molar refractivity (Wildman–Crippen MR) is 64.1 cm³/mol. The predicted octanol–water partition coefficient (Wildman–Crippen LogP) is 2.22. The van der Waals surface area contributed by atoms with E-state index in [1.807, 2.05) is 24.3 Å². The fourth-order valence-electron chi connectivity index (χ4n) is 1.79. The Morgan fingerprint density at radius 1 is 1.31 bits per heavy atom. The van der Waals surface area contributed by atoms with E-state index in [0.29, 0.717) is 0 Å². The second-order valence-electron chi connectivity index (χ2n) is 4.03. The van der Waals surface area contributed by atoms with E-state index in [4.69, 9.17) is 9.47 Å². The molecule has 88 valence electrons. The molecule has 16 heavy (non-hydrogen) atoms. The molecule has 0 spiro atoms. The summed E-state index contributed by atoms with van der Waals surface area (Å²) < 4.78 is 11.6. The summed E-state index contributed by atoms with van der Waals surface area (Å²) in [6, 6.07) is 7.90. The van der Waals surface area contributed by atoms with Crippen molar-refractivity contribution in [2.24, 2.45) is 0 Å². The molecule has 3 nitrogen and oxygen atoms in total. The average Bonchev–Trinajstić information content (AvgIpc) is 2.81. The highest BCUT2D eigenvalue weighted by Gasteiger charge is 2.17. The van der Waals surface area contributed by atoms with Crippen LogP contribution < -0.4 is 14.8 Å². The monoisotopic (exact) mass is 221 g/mol. The SMILES string of the molecule is CCCOc1ccccc1O[C@@H]1CCNC1. The van der Waals surface area contributed by atoms with E-state index >= 15 is 0 Å². The summed E-state index contributed by atoms with van der Waals surface area (Å²) in [6.45, 7) is 4.82. The van der Waals surface area contributed by atoms with Crippen LogP contribution in [0.5, 0.6) is 11.5 Å². The fraction of sp³-hybridized carbons (Fsp3) is 0.538. The lowest BCUT2D eigenvalue weighted by molar-refractivity contribution is 0.206. The fourth-order valence-corrected chi connectivity index (χ4v) is 1.79. The van der Waals surface area contributed by atoms with Crippen molar-refractivity contribution in [2.75, 3.05) is 19.7 Å². The van der Waals surface area contributed by atoms with Gasteiger partial charge in [-0.15, -0.1) is 0 Å². The Kier molecular flexibility index (Phi) is 4.05. The Bertz CT molecular complexity index is 321. The van der Waals surface area contributed by atoms with Gasteiger partial charge in [0, 0.05) is 6.54 Å². The maximum Gasteiger partial charge on any atom is 0.161 e. The summed E-state index contributed by atoms with van der Waals surface area (Å²) in [4.78, 5) is 0. The van der Waals surface area contributed by atoms with Crippen LogP contribution in [-0.4, -0.2) is 25.8 Å². The van der Waals surface area contributed by atoms with Crippen LogP contribution in [0.4, 0.5) is 0 Å². The Balaban J connectivity index is 2.00. The van der Waals surface area contributed by atoms with E-state index in [9.17, 15) is 0 Å². The minimum atomic E-state index is 0.284. The van der Waals surface area contributed by atoms with Gasteiger partial charge in [-0.1, -0.05) is 19.1 Å². The molecule has 3 heteroatoms. The second-order valence-corrected chi connectivity index (χ2v) is 4.03. The first-order valence-corrected chi connectivity index (χ1v) is 5.99. The maximum atomic E-state index is 5.92. The second kappa shape index (κ2) is 5.75. The first-order chi connectivity index (χ1) is 7.90. The number of benzene rings is 1. The number of hydrogen-bond donors (Lipinski definition) is 1. The highest BCUT2D eigenvalue weighted by atomic mass is 16.5. The molecule has 0 unspecified atom stereocenters. The zero-order valence-corrected chi connectivity index (χ0v) is 9.74. The van der Waals surface area contributed by atoms with E-state index in [2.05, 4.69) is 12.2 Å². The standard InChI is InChI=1S/C13H19NO2/c1-2-9-15-12-5-3-4-6-13(12)16-11-7-8-14-10-11/h3-6,11,14H,2,7-10H2,1H3/t11-/m1/s1. The van der Waals surface area contributed by atoms with Crippen LogP contribution in [0.3, 0.4) is 0 Å². The Labute approximate surface area is 96.8 Å². The summed E-state index contributed by atoms with van der Waals surface area (Å²) >= 11 is 0. The van der Waals surface area contributed by atoms with Gasteiger partial charge in [0.15, 0.2) is 11.5 Å². The lowest BCUT2D eigenvalue weighted by atomic mass is 10.3. The molecule has 1 aromatic rings. The Morgan fingerprint density at radius 3 is 2.81 bits per heavy atom. The summed E-state index contributed by atoms with van der Waals surface area (Å²) in [5.74, 6) is 1.72. The molecular formula is C13H19NO2. The van der Waals surface area contributed by atoms with Crippen LogP contribution in [0.2, 0.25) is 0 Å². The molecule has 1 N–H and O–H groups in total. The van der Waals surface area contributed by atoms with Gasteiger partial charge >= 0.3 is 0 Å². The molecule has 0 radical (unpaired) electrons. The van der Waals surface area contributed by atoms with Crippen LogP contribution in [0.25, 0.3) is 0 Å². The third-order valence-electron chi connectivity index (χ3n) is 2.62. The van der Waals surface area contributed by atoms with Crippen molar-refractivity contribution >= 4 is 0 Å². The molecule has 0 aromatic heterocycles. The quantitative estimate of drug-likeness (QED) is 0.827. The number of ether oxygens (including phenoxy) is 2. The van der Waals surface area contributed by atoms with Gasteiger partial charge in [-0.05, 0) is 31.5 Å². The lowest BCUT2D eigenvalue weighted by Gasteiger charge is -2.16. The highest BCUT2D eigenvalue weighted by molar-refractivity contribution is 5.39. The number of nitrogens with one attached hydrogen (secondary N) is 1. The van der Waals surface area contributed by atoms with Crippen LogP contribution in [0, 0.1) is 0 Å². The van der Waals surface area contributed by atoms with Crippen LogP contribution in [0.1, 0.15) is 19.8 Å². The average molecular weight is 221 g/mol. The molecule has 0 bridgehead atoms. The molecule has 2 rings (SSSR count). The molecule has 1 aliphatic rings. The van der Waals surface area contributed by atoms with Gasteiger partial charge < -0.3 is 14.8 Å². The van der Waals surface area contributed by atoms with Crippen molar-refractivity contribution in [3.8, 4) is 11.5 Å². The van der Waals surface area contributed by atoms with Crippen molar-refractivity contribution < 1.29 is 9.47 Å². The maximum absolute atomic E-state index is 5.92. The van der Waals surface area contributed by atoms with Crippen molar-refractivity contribution in [2.45, 2.75) is 25.9 Å². The molecule has 1 aliphatic heterocycles. The van der Waals surface area contributed by atoms with Crippen LogP contribution in [0.15, 0.2) is 24.3 Å². The molecule has 1 fully saturated rings. The molecule has 1 heterocycles. The van der Waals surface area contributed by atoms with Gasteiger partial charge in [0.25, 0.3) is 0 Å². The summed E-state index contributed by atoms with van der Waals surface area (Å²) in [6.07, 6.45) is 2.37. The van der Waals surface area contributed by atoms with Gasteiger partial charge in [-0.3, -0.25) is 0 Å². The third-order valence-corrected chi connectivity index (χ3v) is 2.62. The van der Waals surface area contributed by atoms with E-state index in [-0.39, 0.29) is 6.10 Å². The van der Waals surface area contributed by atoms with Crippen molar-refractivity contribution in [1.82, 2.24) is 5.32 Å². The Hall–Kier alpha value is -1.22. The molecule has 0 amide bonds. The molecule has 1 saturated heterocycles. The van der Waals surface area contributed by atoms with Gasteiger partial charge in [-0.25, -0.2) is 0 Å². The Morgan fingerprint density at radius 2 is 2.12 bits per heavy atom. The summed E-state index contributed by atoms with van der Waals surface area (Å²) in [5.41, 5.74) is 0. The van der Waals surface area contributed by atoms with Gasteiger partial charge in [0.05, 0.1) is 6.61 Å². The van der Waals surface area contributed by atoms with Crippen molar-refractivity contribution in [1.29, 1.82) is 0 Å². The van der Waals surface area contributed by atoms with Crippen LogP contribution in [-0.2, 0) is 0 Å². The van der Waals surface area contributed by atoms with E-state index in [1.165, 1.54) is 0 Å². The smallest absolute Gasteiger partial charge is 0.161 e. The molecule has 1 atom stereocenters. The number of para-hydroxylation sites is 2. The molecule has 0 aliphatic carbocycles. The molecular weight excluding hydrogens is 202 g/mol. The van der Waals surface area contributed by atoms with E-state index in [1.54, 1.807) is 0 Å². The largest absolute Gasteiger partial charge is 0.490 e.